The van der Waals surface area contributed by atoms with E-state index in [-0.39, 0.29) is 18.2 Å². The van der Waals surface area contributed by atoms with Gasteiger partial charge < -0.3 is 15.5 Å². The minimum absolute atomic E-state index is 0.0440. The van der Waals surface area contributed by atoms with Gasteiger partial charge in [0.25, 0.3) is 5.91 Å². The smallest absolute Gasteiger partial charge is 0.308 e. The SMILES string of the molecule is Cc1cccc(NC(=O)N[C@@H]2N=C(c3ccccc3)c3ccccc3N(CC(=O)C3CCCCC3)C2=O)c1. The molecule has 3 aromatic rings. The number of nitrogens with one attached hydrogen (secondary N) is 2. The molecule has 0 spiro atoms. The van der Waals surface area contributed by atoms with Gasteiger partial charge in [-0.15, -0.1) is 0 Å². The Morgan fingerprint density at radius 2 is 1.66 bits per heavy atom. The first kappa shape index (κ1) is 25.4. The molecule has 7 heteroatoms. The number of hydrogen-bond donors (Lipinski definition) is 2. The Kier molecular flexibility index (Phi) is 7.63. The van der Waals surface area contributed by atoms with Crippen LogP contribution in [0.1, 0.15) is 48.8 Å². The summed E-state index contributed by atoms with van der Waals surface area (Å²) >= 11 is 0. The van der Waals surface area contributed by atoms with Gasteiger partial charge in [0.1, 0.15) is 0 Å². The first-order chi connectivity index (χ1) is 18.5. The summed E-state index contributed by atoms with van der Waals surface area (Å²) in [6.07, 6.45) is 3.72. The number of hydrogen-bond acceptors (Lipinski definition) is 4. The number of nitrogens with zero attached hydrogens (tertiary/aromatic N) is 2. The van der Waals surface area contributed by atoms with Crippen molar-refractivity contribution in [1.29, 1.82) is 0 Å². The van der Waals surface area contributed by atoms with E-state index in [9.17, 15) is 14.4 Å². The number of urea groups is 1. The number of benzene rings is 3. The normalized spacial score (nSPS) is 17.7. The first-order valence-electron chi connectivity index (χ1n) is 13.2. The molecule has 38 heavy (non-hydrogen) atoms. The molecule has 2 N–H and O–H groups in total. The Labute approximate surface area is 223 Å². The van der Waals surface area contributed by atoms with Crippen molar-refractivity contribution < 1.29 is 14.4 Å². The standard InChI is InChI=1S/C31H32N4O3/c1-21-11-10-16-24(19-21)32-31(38)34-29-30(37)35(20-27(36)22-12-4-2-5-13-22)26-18-9-8-17-25(26)28(33-29)23-14-6-3-7-15-23/h3,6-11,14-19,22,29H,2,4-5,12-13,20H2,1H3,(H2,32,34,38)/t29-/m0/s1. The van der Waals surface area contributed by atoms with Crippen molar-refractivity contribution in [3.63, 3.8) is 0 Å². The van der Waals surface area contributed by atoms with Gasteiger partial charge in [0.15, 0.2) is 5.78 Å². The highest BCUT2D eigenvalue weighted by Crippen LogP contribution is 2.30. The predicted octanol–water partition coefficient (Wildman–Crippen LogP) is 5.48. The Hall–Kier alpha value is -4.26. The highest BCUT2D eigenvalue weighted by molar-refractivity contribution is 6.21. The summed E-state index contributed by atoms with van der Waals surface area (Å²) < 4.78 is 0. The number of benzodiazepines with no additional fused rings is 1. The highest BCUT2D eigenvalue weighted by Gasteiger charge is 2.35. The molecular weight excluding hydrogens is 476 g/mol. The maximum absolute atomic E-state index is 14.0. The zero-order valence-electron chi connectivity index (χ0n) is 21.5. The molecule has 7 nitrogen and oxygen atoms in total. The summed E-state index contributed by atoms with van der Waals surface area (Å²) in [5, 5.41) is 5.55. The van der Waals surface area contributed by atoms with Crippen molar-refractivity contribution in [2.24, 2.45) is 10.9 Å². The zero-order valence-corrected chi connectivity index (χ0v) is 21.5. The van der Waals surface area contributed by atoms with Crippen molar-refractivity contribution in [1.82, 2.24) is 5.32 Å². The quantitative estimate of drug-likeness (QED) is 0.462. The Morgan fingerprint density at radius 3 is 2.42 bits per heavy atom. The Balaban J connectivity index is 1.50. The van der Waals surface area contributed by atoms with Crippen molar-refractivity contribution >= 4 is 34.8 Å². The average molecular weight is 509 g/mol. The third-order valence-corrected chi connectivity index (χ3v) is 7.17. The lowest BCUT2D eigenvalue weighted by atomic mass is 9.86. The lowest BCUT2D eigenvalue weighted by molar-refractivity contribution is -0.126. The summed E-state index contributed by atoms with van der Waals surface area (Å²) in [5.74, 6) is -0.427. The van der Waals surface area contributed by atoms with Crippen LogP contribution in [0.4, 0.5) is 16.2 Å². The van der Waals surface area contributed by atoms with Crippen LogP contribution in [0, 0.1) is 12.8 Å². The molecule has 5 rings (SSSR count). The third-order valence-electron chi connectivity index (χ3n) is 7.17. The van der Waals surface area contributed by atoms with Gasteiger partial charge in [0.2, 0.25) is 6.17 Å². The van der Waals surface area contributed by atoms with E-state index >= 15 is 0 Å². The molecule has 1 heterocycles. The molecule has 1 saturated carbocycles. The largest absolute Gasteiger partial charge is 0.321 e. The third kappa shape index (κ3) is 5.67. The van der Waals surface area contributed by atoms with Crippen LogP contribution < -0.4 is 15.5 Å². The van der Waals surface area contributed by atoms with Gasteiger partial charge in [-0.05, 0) is 43.5 Å². The number of para-hydroxylation sites is 1. The lowest BCUT2D eigenvalue weighted by Gasteiger charge is -2.28. The van der Waals surface area contributed by atoms with Crippen molar-refractivity contribution in [3.05, 3.63) is 95.6 Å². The molecule has 0 unspecified atom stereocenters. The summed E-state index contributed by atoms with van der Waals surface area (Å²) in [5.41, 5.74) is 4.38. The maximum Gasteiger partial charge on any atom is 0.321 e. The van der Waals surface area contributed by atoms with Crippen LogP contribution in [0.5, 0.6) is 0 Å². The van der Waals surface area contributed by atoms with Gasteiger partial charge >= 0.3 is 6.03 Å². The number of carbonyl (C=O) groups excluding carboxylic acids is 3. The van der Waals surface area contributed by atoms with Crippen LogP contribution in [0.25, 0.3) is 0 Å². The molecule has 3 aromatic carbocycles. The second-order valence-corrected chi connectivity index (χ2v) is 9.96. The van der Waals surface area contributed by atoms with Gasteiger partial charge in [0.05, 0.1) is 17.9 Å². The average Bonchev–Trinajstić information content (AvgIpc) is 3.04. The molecule has 2 aliphatic rings. The fraction of sp³-hybridized carbons (Fsp3) is 0.290. The van der Waals surface area contributed by atoms with E-state index in [4.69, 9.17) is 4.99 Å². The second kappa shape index (κ2) is 11.4. The van der Waals surface area contributed by atoms with E-state index in [1.165, 1.54) is 4.90 Å². The van der Waals surface area contributed by atoms with E-state index in [0.717, 1.165) is 48.8 Å². The Morgan fingerprint density at radius 1 is 0.921 bits per heavy atom. The zero-order chi connectivity index (χ0) is 26.5. The summed E-state index contributed by atoms with van der Waals surface area (Å²) in [6.45, 7) is 1.89. The van der Waals surface area contributed by atoms with Crippen molar-refractivity contribution in [2.75, 3.05) is 16.8 Å². The fourth-order valence-corrected chi connectivity index (χ4v) is 5.24. The number of amides is 3. The highest BCUT2D eigenvalue weighted by atomic mass is 16.2. The van der Waals surface area contributed by atoms with Crippen molar-refractivity contribution in [3.8, 4) is 0 Å². The van der Waals surface area contributed by atoms with Gasteiger partial charge in [0, 0.05) is 22.7 Å². The molecule has 194 valence electrons. The van der Waals surface area contributed by atoms with Gasteiger partial charge in [-0.1, -0.05) is 79.9 Å². The topological polar surface area (TPSA) is 90.9 Å². The van der Waals surface area contributed by atoms with Crippen LogP contribution in [0.2, 0.25) is 0 Å². The van der Waals surface area contributed by atoms with Crippen LogP contribution >= 0.6 is 0 Å². The van der Waals surface area contributed by atoms with Gasteiger partial charge in [-0.3, -0.25) is 9.59 Å². The number of ketones is 1. The lowest BCUT2D eigenvalue weighted by Crippen LogP contribution is -2.50. The Bertz CT molecular complexity index is 1360. The monoisotopic (exact) mass is 508 g/mol. The molecule has 3 amide bonds. The van der Waals surface area contributed by atoms with Gasteiger partial charge in [-0.25, -0.2) is 9.79 Å². The molecule has 1 fully saturated rings. The summed E-state index contributed by atoms with van der Waals surface area (Å²) in [4.78, 5) is 46.6. The van der Waals surface area contributed by atoms with Gasteiger partial charge in [-0.2, -0.15) is 0 Å². The molecule has 0 bridgehead atoms. The number of aliphatic imine (C=N–C) groups is 1. The number of Topliss-reactive ketones (excluding diaryl/α,β-unsaturated/α-hetero) is 1. The fourth-order valence-electron chi connectivity index (χ4n) is 5.24. The van der Waals surface area contributed by atoms with Crippen LogP contribution in [0.3, 0.4) is 0 Å². The van der Waals surface area contributed by atoms with E-state index in [0.29, 0.717) is 17.1 Å². The maximum atomic E-state index is 14.0. The van der Waals surface area contributed by atoms with E-state index in [1.54, 1.807) is 6.07 Å². The van der Waals surface area contributed by atoms with Crippen LogP contribution in [0.15, 0.2) is 83.9 Å². The first-order valence-corrected chi connectivity index (χ1v) is 13.2. The molecule has 1 atom stereocenters. The summed E-state index contributed by atoms with van der Waals surface area (Å²) in [7, 11) is 0. The number of carbonyl (C=O) groups is 3. The van der Waals surface area contributed by atoms with E-state index in [2.05, 4.69) is 10.6 Å². The minimum Gasteiger partial charge on any atom is -0.308 e. The number of anilines is 2. The van der Waals surface area contributed by atoms with E-state index < -0.39 is 18.1 Å². The number of aryl methyl sites for hydroxylation is 1. The molecular formula is C31H32N4O3. The van der Waals surface area contributed by atoms with Crippen LogP contribution in [-0.4, -0.2) is 36.1 Å². The number of rotatable bonds is 6. The number of fused-ring (bicyclic) bond motifs is 1. The van der Waals surface area contributed by atoms with Crippen molar-refractivity contribution in [2.45, 2.75) is 45.2 Å². The molecule has 0 radical (unpaired) electrons. The molecule has 1 aliphatic carbocycles. The van der Waals surface area contributed by atoms with E-state index in [1.807, 2.05) is 79.7 Å². The molecule has 0 saturated heterocycles. The predicted molar refractivity (Wildman–Crippen MR) is 150 cm³/mol. The summed E-state index contributed by atoms with van der Waals surface area (Å²) in [6, 6.07) is 23.9. The van der Waals surface area contributed by atoms with Crippen LogP contribution in [-0.2, 0) is 9.59 Å². The minimum atomic E-state index is -1.21. The molecule has 1 aliphatic heterocycles. The molecule has 0 aromatic heterocycles. The second-order valence-electron chi connectivity index (χ2n) is 9.96.